The molecule has 1 heterocycles. The van der Waals surface area contributed by atoms with E-state index in [1.807, 2.05) is 0 Å². The number of hydrogen-bond acceptors (Lipinski definition) is 3. The van der Waals surface area contributed by atoms with Gasteiger partial charge in [0.25, 0.3) is 5.52 Å². The van der Waals surface area contributed by atoms with Gasteiger partial charge in [-0.3, -0.25) is 4.79 Å². The van der Waals surface area contributed by atoms with E-state index in [-0.39, 0.29) is 21.5 Å². The largest absolute Gasteiger partial charge is 0.618 e. The van der Waals surface area contributed by atoms with Crippen molar-refractivity contribution in [2.45, 2.75) is 6.18 Å². The normalized spacial score (nSPS) is 11.5. The molecule has 0 saturated heterocycles. The average molecular weight is 273 g/mol. The summed E-state index contributed by atoms with van der Waals surface area (Å²) in [6, 6.07) is 3.60. The SMILES string of the molecule is O=C(Nc1cccc2c1[n+]([O-])cc[n+]2[O-])C(F)(F)F. The van der Waals surface area contributed by atoms with E-state index in [2.05, 4.69) is 0 Å². The highest BCUT2D eigenvalue weighted by atomic mass is 19.4. The second kappa shape index (κ2) is 4.26. The van der Waals surface area contributed by atoms with E-state index >= 15 is 0 Å². The van der Waals surface area contributed by atoms with Crippen molar-refractivity contribution in [3.8, 4) is 0 Å². The van der Waals surface area contributed by atoms with E-state index in [9.17, 15) is 28.4 Å². The van der Waals surface area contributed by atoms with E-state index in [1.165, 1.54) is 12.1 Å². The first kappa shape index (κ1) is 12.9. The highest BCUT2D eigenvalue weighted by molar-refractivity contribution is 6.00. The lowest BCUT2D eigenvalue weighted by Gasteiger charge is -2.09. The summed E-state index contributed by atoms with van der Waals surface area (Å²) >= 11 is 0. The Morgan fingerprint density at radius 1 is 1.16 bits per heavy atom. The molecular weight excluding hydrogens is 267 g/mol. The van der Waals surface area contributed by atoms with Crippen LogP contribution >= 0.6 is 0 Å². The fourth-order valence-electron chi connectivity index (χ4n) is 1.51. The number of fused-ring (bicyclic) bond motifs is 1. The van der Waals surface area contributed by atoms with Crippen molar-refractivity contribution >= 4 is 22.6 Å². The second-order valence-electron chi connectivity index (χ2n) is 3.57. The maximum atomic E-state index is 12.2. The minimum Gasteiger partial charge on any atom is -0.618 e. The zero-order chi connectivity index (χ0) is 14.2. The molecule has 0 bridgehead atoms. The highest BCUT2D eigenvalue weighted by Crippen LogP contribution is 2.21. The maximum absolute atomic E-state index is 12.2. The van der Waals surface area contributed by atoms with Crippen LogP contribution in [0.1, 0.15) is 0 Å². The molecule has 100 valence electrons. The molecule has 1 aromatic heterocycles. The Kier molecular flexibility index (Phi) is 2.89. The number of rotatable bonds is 1. The summed E-state index contributed by atoms with van der Waals surface area (Å²) in [5.41, 5.74) is -0.893. The second-order valence-corrected chi connectivity index (χ2v) is 3.57. The lowest BCUT2D eigenvalue weighted by atomic mass is 10.2. The molecule has 0 aliphatic carbocycles. The van der Waals surface area contributed by atoms with Gasteiger partial charge in [0.15, 0.2) is 0 Å². The van der Waals surface area contributed by atoms with Gasteiger partial charge in [-0.2, -0.15) is 22.6 Å². The van der Waals surface area contributed by atoms with E-state index in [4.69, 9.17) is 0 Å². The van der Waals surface area contributed by atoms with Crippen molar-refractivity contribution in [2.75, 3.05) is 5.32 Å². The molecule has 0 aliphatic rings. The van der Waals surface area contributed by atoms with Crippen LogP contribution in [0.2, 0.25) is 0 Å². The van der Waals surface area contributed by atoms with Crippen LogP contribution < -0.4 is 14.8 Å². The molecule has 1 aromatic carbocycles. The molecule has 0 aliphatic heterocycles. The number of anilines is 1. The van der Waals surface area contributed by atoms with Crippen LogP contribution in [0.25, 0.3) is 11.0 Å². The number of aromatic nitrogens is 2. The maximum Gasteiger partial charge on any atom is 0.471 e. The Morgan fingerprint density at radius 2 is 1.79 bits per heavy atom. The van der Waals surface area contributed by atoms with Crippen LogP contribution in [0.5, 0.6) is 0 Å². The Hall–Kier alpha value is -2.58. The number of carbonyl (C=O) groups excluding carboxylic acids is 1. The van der Waals surface area contributed by atoms with Gasteiger partial charge >= 0.3 is 17.6 Å². The molecule has 0 radical (unpaired) electrons. The predicted molar refractivity (Wildman–Crippen MR) is 56.6 cm³/mol. The molecule has 19 heavy (non-hydrogen) atoms. The van der Waals surface area contributed by atoms with Gasteiger partial charge in [-0.05, 0) is 6.07 Å². The predicted octanol–water partition coefficient (Wildman–Crippen LogP) is 0.607. The Balaban J connectivity index is 2.56. The van der Waals surface area contributed by atoms with E-state index in [0.29, 0.717) is 4.73 Å². The summed E-state index contributed by atoms with van der Waals surface area (Å²) < 4.78 is 37.0. The zero-order valence-corrected chi connectivity index (χ0v) is 9.14. The molecule has 0 saturated carbocycles. The van der Waals surface area contributed by atoms with Gasteiger partial charge in [0.2, 0.25) is 12.4 Å². The van der Waals surface area contributed by atoms with Crippen molar-refractivity contribution in [2.24, 2.45) is 0 Å². The monoisotopic (exact) mass is 273 g/mol. The van der Waals surface area contributed by atoms with E-state index in [0.717, 1.165) is 18.5 Å². The van der Waals surface area contributed by atoms with Gasteiger partial charge < -0.3 is 15.7 Å². The van der Waals surface area contributed by atoms with Crippen LogP contribution in [-0.4, -0.2) is 12.1 Å². The molecule has 1 N–H and O–H groups in total. The Bertz CT molecular complexity index is 657. The van der Waals surface area contributed by atoms with Crippen LogP contribution in [0.4, 0.5) is 18.9 Å². The standard InChI is InChI=1S/C10H6F3N3O3/c11-10(12,13)9(17)14-6-2-1-3-7-8(6)16(19)5-4-15(7)18/h1-5H,(H,14,17). The summed E-state index contributed by atoms with van der Waals surface area (Å²) in [4.78, 5) is 10.8. The summed E-state index contributed by atoms with van der Waals surface area (Å²) in [5, 5.41) is 24.5. The third-order valence-electron chi connectivity index (χ3n) is 2.32. The van der Waals surface area contributed by atoms with Crippen molar-refractivity contribution in [1.82, 2.24) is 0 Å². The lowest BCUT2D eigenvalue weighted by molar-refractivity contribution is -0.628. The van der Waals surface area contributed by atoms with Crippen molar-refractivity contribution in [3.63, 3.8) is 0 Å². The molecule has 9 heteroatoms. The first-order valence-electron chi connectivity index (χ1n) is 4.93. The number of benzene rings is 1. The molecule has 2 rings (SSSR count). The van der Waals surface area contributed by atoms with Crippen LogP contribution in [0.3, 0.4) is 0 Å². The third-order valence-corrected chi connectivity index (χ3v) is 2.32. The van der Waals surface area contributed by atoms with Crippen LogP contribution in [0.15, 0.2) is 30.6 Å². The number of para-hydroxylation sites is 1. The van der Waals surface area contributed by atoms with Crippen LogP contribution in [0, 0.1) is 10.4 Å². The number of amides is 1. The summed E-state index contributed by atoms with van der Waals surface area (Å²) in [7, 11) is 0. The molecular formula is C10H6F3N3O3. The number of carbonyl (C=O) groups is 1. The molecule has 0 unspecified atom stereocenters. The van der Waals surface area contributed by atoms with Crippen molar-refractivity contribution in [3.05, 3.63) is 41.0 Å². The molecule has 0 fully saturated rings. The molecule has 2 aromatic rings. The quantitative estimate of drug-likeness (QED) is 0.610. The van der Waals surface area contributed by atoms with Gasteiger partial charge in [0.05, 0.1) is 0 Å². The first-order chi connectivity index (χ1) is 8.80. The number of hydrogen-bond donors (Lipinski definition) is 1. The smallest absolute Gasteiger partial charge is 0.471 e. The number of halogens is 3. The molecule has 0 spiro atoms. The molecule has 6 nitrogen and oxygen atoms in total. The summed E-state index contributed by atoms with van der Waals surface area (Å²) in [5.74, 6) is -2.22. The van der Waals surface area contributed by atoms with Crippen LogP contribution in [-0.2, 0) is 4.79 Å². The van der Waals surface area contributed by atoms with Crippen molar-refractivity contribution < 1.29 is 27.4 Å². The highest BCUT2D eigenvalue weighted by Gasteiger charge is 2.39. The minimum atomic E-state index is -5.09. The topological polar surface area (TPSA) is 83.0 Å². The zero-order valence-electron chi connectivity index (χ0n) is 9.14. The van der Waals surface area contributed by atoms with Gasteiger partial charge in [-0.25, -0.2) is 0 Å². The number of nitrogens with zero attached hydrogens (tertiary/aromatic N) is 2. The van der Waals surface area contributed by atoms with Gasteiger partial charge in [-0.1, -0.05) is 6.07 Å². The van der Waals surface area contributed by atoms with Gasteiger partial charge in [-0.15, -0.1) is 0 Å². The first-order valence-corrected chi connectivity index (χ1v) is 4.93. The summed E-state index contributed by atoms with van der Waals surface area (Å²) in [6.07, 6.45) is -3.35. The van der Waals surface area contributed by atoms with Gasteiger partial charge in [0.1, 0.15) is 5.69 Å². The number of nitrogens with one attached hydrogen (secondary N) is 1. The van der Waals surface area contributed by atoms with E-state index < -0.39 is 12.1 Å². The average Bonchev–Trinajstić information content (AvgIpc) is 2.33. The third kappa shape index (κ3) is 2.34. The van der Waals surface area contributed by atoms with Gasteiger partial charge in [0, 0.05) is 6.07 Å². The minimum absolute atomic E-state index is 0.155. The fraction of sp³-hybridized carbons (Fsp3) is 0.100. The van der Waals surface area contributed by atoms with E-state index in [1.54, 1.807) is 5.32 Å². The Morgan fingerprint density at radius 3 is 2.42 bits per heavy atom. The molecule has 0 atom stereocenters. The number of alkyl halides is 3. The van der Waals surface area contributed by atoms with Crippen molar-refractivity contribution in [1.29, 1.82) is 0 Å². The Labute approximate surface area is 103 Å². The molecule has 1 amide bonds. The fourth-order valence-corrected chi connectivity index (χ4v) is 1.51. The summed E-state index contributed by atoms with van der Waals surface area (Å²) in [6.45, 7) is 0. The lowest BCUT2D eigenvalue weighted by Crippen LogP contribution is -2.38.